The van der Waals surface area contributed by atoms with Crippen LogP contribution in [0.2, 0.25) is 45.8 Å². The van der Waals surface area contributed by atoms with Gasteiger partial charge in [0.1, 0.15) is 0 Å². The highest BCUT2D eigenvalue weighted by Crippen LogP contribution is 2.05. The van der Waals surface area contributed by atoms with E-state index in [1.807, 2.05) is 45.8 Å². The van der Waals surface area contributed by atoms with Gasteiger partial charge in [0.05, 0.1) is 0 Å². The second-order valence-corrected chi connectivity index (χ2v) is 38.8. The number of rotatable bonds is 8. The second kappa shape index (κ2) is 7.73. The molecule has 0 aliphatic carbocycles. The van der Waals surface area contributed by atoms with Crippen LogP contribution in [0.4, 0.5) is 0 Å². The summed E-state index contributed by atoms with van der Waals surface area (Å²) in [7, 11) is -13.7. The van der Waals surface area contributed by atoms with E-state index in [0.717, 1.165) is 0 Å². The molecule has 0 radical (unpaired) electrons. The monoisotopic (exact) mass is 384 g/mol. The smallest absolute Gasteiger partial charge is 0.370 e. The maximum Gasteiger partial charge on any atom is 0.370 e. The molecule has 0 aliphatic rings. The first-order valence-corrected chi connectivity index (χ1v) is 25.6. The van der Waals surface area contributed by atoms with Gasteiger partial charge < -0.3 is 21.6 Å². The minimum absolute atomic E-state index is 1.29. The molecule has 0 N–H and O–H groups in total. The Bertz CT molecular complexity index is 371. The normalized spacial score (nSPS) is 14.7. The molecule has 0 aromatic heterocycles. The van der Waals surface area contributed by atoms with Crippen LogP contribution in [0.1, 0.15) is 0 Å². The van der Waals surface area contributed by atoms with E-state index in [2.05, 4.69) is 0 Å². The molecule has 110 valence electrons. The van der Waals surface area contributed by atoms with E-state index in [-0.39, 0.29) is 0 Å². The first kappa shape index (κ1) is 19.8. The molecule has 0 amide bonds. The molecule has 0 rings (SSSR count). The van der Waals surface area contributed by atoms with Crippen LogP contribution < -0.4 is 0 Å². The maximum absolute atomic E-state index is 12.2. The van der Waals surface area contributed by atoms with Crippen molar-refractivity contribution < 1.29 is 21.6 Å². The first-order valence-electron chi connectivity index (χ1n) is 6.26. The molecule has 0 bridgehead atoms. The molecule has 1 atom stereocenters. The Kier molecular flexibility index (Phi) is 8.08. The highest BCUT2D eigenvalue weighted by Gasteiger charge is 2.38. The molecule has 0 aromatic rings. The van der Waals surface area contributed by atoms with E-state index < -0.39 is 57.6 Å². The van der Waals surface area contributed by atoms with Crippen molar-refractivity contribution in [3.63, 3.8) is 0 Å². The lowest BCUT2D eigenvalue weighted by atomic mass is 11.8. The van der Waals surface area contributed by atoms with Crippen molar-refractivity contribution in [2.45, 2.75) is 45.8 Å². The summed E-state index contributed by atoms with van der Waals surface area (Å²) in [6.45, 7) is 13.9. The van der Waals surface area contributed by atoms with Crippen LogP contribution in [0.3, 0.4) is 0 Å². The van der Waals surface area contributed by atoms with Crippen LogP contribution in [0, 0.1) is 0 Å². The van der Waals surface area contributed by atoms with Crippen LogP contribution in [0.15, 0.2) is 0 Å². The standard InChI is InChI=1S/C7H24O5Si7/c1-14(12-19(5,6)7)16(9)17(10)15(8)13-11-18(2,3)4/h14H,13H2,1-7H3. The zero-order valence-electron chi connectivity index (χ0n) is 12.8. The van der Waals surface area contributed by atoms with Crippen molar-refractivity contribution in [2.75, 3.05) is 0 Å². The third-order valence-electron chi connectivity index (χ3n) is 2.01. The van der Waals surface area contributed by atoms with Crippen LogP contribution in [-0.4, -0.2) is 57.6 Å². The molecule has 0 fully saturated rings. The van der Waals surface area contributed by atoms with Crippen molar-refractivity contribution in [3.8, 4) is 0 Å². The zero-order valence-corrected chi connectivity index (χ0v) is 20.4. The van der Waals surface area contributed by atoms with Crippen LogP contribution in [-0.2, 0) is 21.6 Å². The van der Waals surface area contributed by atoms with Gasteiger partial charge >= 0.3 is 23.2 Å². The van der Waals surface area contributed by atoms with E-state index >= 15 is 0 Å². The summed E-state index contributed by atoms with van der Waals surface area (Å²) in [4.78, 5) is 0. The summed E-state index contributed by atoms with van der Waals surface area (Å²) in [5, 5.41) is 0. The first-order chi connectivity index (χ1) is 8.33. The van der Waals surface area contributed by atoms with Gasteiger partial charge in [0.15, 0.2) is 16.6 Å². The predicted octanol–water partition coefficient (Wildman–Crippen LogP) is 0.125. The van der Waals surface area contributed by atoms with Crippen molar-refractivity contribution in [3.05, 3.63) is 0 Å². The Morgan fingerprint density at radius 1 is 0.947 bits per heavy atom. The molecule has 5 nitrogen and oxygen atoms in total. The fourth-order valence-electron chi connectivity index (χ4n) is 1.25. The van der Waals surface area contributed by atoms with Gasteiger partial charge in [-0.15, -0.1) is 0 Å². The lowest BCUT2D eigenvalue weighted by molar-refractivity contribution is 0.539. The summed E-state index contributed by atoms with van der Waals surface area (Å²) >= 11 is 0. The third kappa shape index (κ3) is 9.40. The van der Waals surface area contributed by atoms with Gasteiger partial charge in [-0.05, 0) is 45.8 Å². The number of hydrogen-bond acceptors (Lipinski definition) is 5. The molecular formula is C7H24O5Si7. The van der Waals surface area contributed by atoms with E-state index in [4.69, 9.17) is 8.23 Å². The number of hydrogen-bond donors (Lipinski definition) is 0. The zero-order chi connectivity index (χ0) is 15.4. The second-order valence-electron chi connectivity index (χ2n) is 6.39. The van der Waals surface area contributed by atoms with Gasteiger partial charge in [0.2, 0.25) is 17.8 Å². The average molecular weight is 385 g/mol. The largest absolute Gasteiger partial charge is 0.457 e. The Hall–Kier alpha value is 0.838. The fraction of sp³-hybridized carbons (Fsp3) is 1.00. The van der Waals surface area contributed by atoms with Gasteiger partial charge in [-0.3, -0.25) is 0 Å². The predicted molar refractivity (Wildman–Crippen MR) is 89.7 cm³/mol. The summed E-state index contributed by atoms with van der Waals surface area (Å²) in [6.07, 6.45) is 0. The topological polar surface area (TPSA) is 69.7 Å². The van der Waals surface area contributed by atoms with Crippen molar-refractivity contribution in [1.82, 2.24) is 0 Å². The van der Waals surface area contributed by atoms with Gasteiger partial charge in [0, 0.05) is 0 Å². The summed E-state index contributed by atoms with van der Waals surface area (Å²) < 4.78 is 47.7. The molecular weight excluding hydrogens is 361 g/mol. The molecule has 12 heteroatoms. The van der Waals surface area contributed by atoms with Crippen LogP contribution >= 0.6 is 0 Å². The summed E-state index contributed by atoms with van der Waals surface area (Å²) in [6, 6.07) is 0. The van der Waals surface area contributed by atoms with E-state index in [1.54, 1.807) is 0 Å². The minimum atomic E-state index is -2.48. The highest BCUT2D eigenvalue weighted by atomic mass is 29.9. The van der Waals surface area contributed by atoms with Crippen molar-refractivity contribution in [1.29, 1.82) is 0 Å². The van der Waals surface area contributed by atoms with E-state index in [1.165, 1.54) is 0 Å². The van der Waals surface area contributed by atoms with E-state index in [9.17, 15) is 13.4 Å². The molecule has 1 unspecified atom stereocenters. The van der Waals surface area contributed by atoms with Crippen molar-refractivity contribution in [2.24, 2.45) is 0 Å². The molecule has 0 aromatic carbocycles. The molecule has 0 aliphatic heterocycles. The highest BCUT2D eigenvalue weighted by molar-refractivity contribution is 7.60. The van der Waals surface area contributed by atoms with E-state index in [0.29, 0.717) is 0 Å². The third-order valence-corrected chi connectivity index (χ3v) is 41.2. The molecule has 0 spiro atoms. The van der Waals surface area contributed by atoms with Gasteiger partial charge in [-0.2, -0.15) is 0 Å². The quantitative estimate of drug-likeness (QED) is 0.556. The fourth-order valence-corrected chi connectivity index (χ4v) is 53.0. The van der Waals surface area contributed by atoms with Crippen LogP contribution in [0.5, 0.6) is 0 Å². The summed E-state index contributed by atoms with van der Waals surface area (Å²) in [5.41, 5.74) is 0. The van der Waals surface area contributed by atoms with Crippen LogP contribution in [0.25, 0.3) is 0 Å². The Balaban J connectivity index is 4.49. The molecule has 0 saturated carbocycles. The Labute approximate surface area is 125 Å². The Morgan fingerprint density at radius 3 is 1.79 bits per heavy atom. The average Bonchev–Trinajstić information content (AvgIpc) is 2.20. The lowest BCUT2D eigenvalue weighted by Gasteiger charge is -2.21. The lowest BCUT2D eigenvalue weighted by Crippen LogP contribution is -2.49. The van der Waals surface area contributed by atoms with Gasteiger partial charge in [0.25, 0.3) is 0 Å². The Morgan fingerprint density at radius 2 is 1.42 bits per heavy atom. The van der Waals surface area contributed by atoms with Gasteiger partial charge in [-0.1, -0.05) is 0 Å². The summed E-state index contributed by atoms with van der Waals surface area (Å²) in [5.74, 6) is 0. The maximum atomic E-state index is 12.2. The molecule has 0 saturated heterocycles. The minimum Gasteiger partial charge on any atom is -0.457 e. The molecule has 19 heavy (non-hydrogen) atoms. The SMILES string of the molecule is C[SiH](O[Si](C)(C)C)[Si](=O)[Si](=O)[Si](=O)[SiH2]O[Si](C)(C)C. The van der Waals surface area contributed by atoms with Crippen molar-refractivity contribution >= 4 is 57.6 Å². The molecule has 0 heterocycles. The van der Waals surface area contributed by atoms with Gasteiger partial charge in [-0.25, -0.2) is 0 Å².